The van der Waals surface area contributed by atoms with Crippen molar-refractivity contribution < 1.29 is 14.3 Å². The molecule has 0 aliphatic carbocycles. The van der Waals surface area contributed by atoms with Gasteiger partial charge in [-0.2, -0.15) is 0 Å². The number of thiophene rings is 1. The summed E-state index contributed by atoms with van der Waals surface area (Å²) in [6, 6.07) is 3.74. The largest absolute Gasteiger partial charge is 0.385 e. The van der Waals surface area contributed by atoms with Crippen molar-refractivity contribution in [3.05, 3.63) is 20.8 Å². The highest BCUT2D eigenvalue weighted by molar-refractivity contribution is 9.11. The normalized spacial score (nSPS) is 15.7. The molecule has 1 aliphatic heterocycles. The number of rotatable bonds is 7. The summed E-state index contributed by atoms with van der Waals surface area (Å²) < 4.78 is 5.91. The molecule has 0 spiro atoms. The van der Waals surface area contributed by atoms with E-state index in [4.69, 9.17) is 4.74 Å². The molecule has 0 saturated carbocycles. The van der Waals surface area contributed by atoms with Gasteiger partial charge in [0, 0.05) is 46.4 Å². The molecule has 0 atom stereocenters. The van der Waals surface area contributed by atoms with Crippen molar-refractivity contribution in [1.29, 1.82) is 0 Å². The first-order valence-electron chi connectivity index (χ1n) is 7.62. The number of methoxy groups -OCH3 is 1. The van der Waals surface area contributed by atoms with Crippen LogP contribution in [0.3, 0.4) is 0 Å². The number of carbonyl (C=O) groups is 2. The zero-order valence-electron chi connectivity index (χ0n) is 13.2. The molecule has 0 aromatic carbocycles. The monoisotopic (exact) mass is 403 g/mol. The van der Waals surface area contributed by atoms with Crippen molar-refractivity contribution in [3.8, 4) is 0 Å². The summed E-state index contributed by atoms with van der Waals surface area (Å²) in [4.78, 5) is 28.9. The van der Waals surface area contributed by atoms with Gasteiger partial charge >= 0.3 is 0 Å². The zero-order valence-corrected chi connectivity index (χ0v) is 15.6. The van der Waals surface area contributed by atoms with Gasteiger partial charge in [0.1, 0.15) is 0 Å². The van der Waals surface area contributed by atoms with Gasteiger partial charge < -0.3 is 15.0 Å². The summed E-state index contributed by atoms with van der Waals surface area (Å²) in [5.41, 5.74) is 0. The molecule has 1 aromatic rings. The third kappa shape index (κ3) is 5.87. The Bertz CT molecular complexity index is 530. The third-order valence-electron chi connectivity index (χ3n) is 3.66. The Morgan fingerprint density at radius 2 is 2.04 bits per heavy atom. The number of piperazine rings is 1. The molecule has 23 heavy (non-hydrogen) atoms. The smallest absolute Gasteiger partial charge is 0.264 e. The van der Waals surface area contributed by atoms with Crippen LogP contribution in [0, 0.1) is 0 Å². The lowest BCUT2D eigenvalue weighted by Crippen LogP contribution is -2.51. The molecule has 8 heteroatoms. The third-order valence-corrected chi connectivity index (χ3v) is 5.27. The maximum Gasteiger partial charge on any atom is 0.264 e. The van der Waals surface area contributed by atoms with E-state index in [-0.39, 0.29) is 11.8 Å². The van der Waals surface area contributed by atoms with Crippen molar-refractivity contribution in [3.63, 3.8) is 0 Å². The number of carbonyl (C=O) groups excluding carboxylic acids is 2. The molecule has 2 amide bonds. The lowest BCUT2D eigenvalue weighted by Gasteiger charge is -2.34. The molecule has 2 rings (SSSR count). The summed E-state index contributed by atoms with van der Waals surface area (Å²) in [6.45, 7) is 4.45. The average molecular weight is 404 g/mol. The van der Waals surface area contributed by atoms with E-state index >= 15 is 0 Å². The van der Waals surface area contributed by atoms with E-state index in [0.29, 0.717) is 32.8 Å². The lowest BCUT2D eigenvalue weighted by atomic mass is 10.3. The van der Waals surface area contributed by atoms with E-state index < -0.39 is 0 Å². The molecule has 1 N–H and O–H groups in total. The second-order valence-corrected chi connectivity index (χ2v) is 7.83. The summed E-state index contributed by atoms with van der Waals surface area (Å²) in [6.07, 6.45) is 0.820. The van der Waals surface area contributed by atoms with E-state index in [9.17, 15) is 9.59 Å². The minimum absolute atomic E-state index is 0.0306. The summed E-state index contributed by atoms with van der Waals surface area (Å²) in [5, 5.41) is 2.88. The number of nitrogens with zero attached hydrogens (tertiary/aromatic N) is 2. The topological polar surface area (TPSA) is 61.9 Å². The highest BCUT2D eigenvalue weighted by Crippen LogP contribution is 2.23. The molecule has 1 fully saturated rings. The minimum atomic E-state index is 0.0306. The molecule has 0 radical (unpaired) electrons. The van der Waals surface area contributed by atoms with Gasteiger partial charge in [-0.15, -0.1) is 11.3 Å². The highest BCUT2D eigenvalue weighted by atomic mass is 79.9. The molecule has 0 bridgehead atoms. The fraction of sp³-hybridized carbons (Fsp3) is 0.600. The van der Waals surface area contributed by atoms with Crippen molar-refractivity contribution in [2.45, 2.75) is 6.42 Å². The lowest BCUT2D eigenvalue weighted by molar-refractivity contribution is -0.122. The van der Waals surface area contributed by atoms with Crippen LogP contribution >= 0.6 is 27.3 Å². The van der Waals surface area contributed by atoms with Gasteiger partial charge in [-0.25, -0.2) is 0 Å². The highest BCUT2D eigenvalue weighted by Gasteiger charge is 2.24. The van der Waals surface area contributed by atoms with E-state index in [1.807, 2.05) is 17.0 Å². The Kier molecular flexibility index (Phi) is 7.48. The second-order valence-electron chi connectivity index (χ2n) is 5.37. The zero-order chi connectivity index (χ0) is 16.7. The Hall–Kier alpha value is -0.960. The van der Waals surface area contributed by atoms with Crippen LogP contribution in [0.1, 0.15) is 16.1 Å². The van der Waals surface area contributed by atoms with Crippen LogP contribution in [-0.2, 0) is 9.53 Å². The first-order chi connectivity index (χ1) is 11.1. The van der Waals surface area contributed by atoms with Crippen LogP contribution in [0.5, 0.6) is 0 Å². The van der Waals surface area contributed by atoms with Crippen LogP contribution in [0.25, 0.3) is 0 Å². The number of hydrogen-bond acceptors (Lipinski definition) is 5. The molecular weight excluding hydrogens is 382 g/mol. The van der Waals surface area contributed by atoms with E-state index in [2.05, 4.69) is 26.1 Å². The SMILES string of the molecule is COCCCNC(=O)CN1CCN(C(=O)c2ccc(Br)s2)CC1. The number of nitrogens with one attached hydrogen (secondary N) is 1. The second kappa shape index (κ2) is 9.36. The molecule has 1 saturated heterocycles. The molecular formula is C15H22BrN3O3S. The summed E-state index contributed by atoms with van der Waals surface area (Å²) in [5.74, 6) is 0.104. The predicted molar refractivity (Wildman–Crippen MR) is 93.9 cm³/mol. The average Bonchev–Trinajstić information content (AvgIpc) is 2.98. The van der Waals surface area contributed by atoms with Crippen LogP contribution in [-0.4, -0.2) is 74.6 Å². The number of amides is 2. The van der Waals surface area contributed by atoms with Crippen molar-refractivity contribution >= 4 is 39.1 Å². The summed E-state index contributed by atoms with van der Waals surface area (Å²) in [7, 11) is 1.65. The van der Waals surface area contributed by atoms with Crippen molar-refractivity contribution in [2.75, 3.05) is 53.0 Å². The number of hydrogen-bond donors (Lipinski definition) is 1. The van der Waals surface area contributed by atoms with Gasteiger partial charge in [0.25, 0.3) is 5.91 Å². The van der Waals surface area contributed by atoms with E-state index in [1.54, 1.807) is 7.11 Å². The number of halogens is 1. The van der Waals surface area contributed by atoms with Crippen LogP contribution < -0.4 is 5.32 Å². The maximum absolute atomic E-state index is 12.4. The number of ether oxygens (including phenoxy) is 1. The van der Waals surface area contributed by atoms with Gasteiger partial charge in [0.2, 0.25) is 5.91 Å². The Labute approximate surface area is 148 Å². The van der Waals surface area contributed by atoms with Crippen molar-refractivity contribution in [1.82, 2.24) is 15.1 Å². The van der Waals surface area contributed by atoms with Crippen molar-refractivity contribution in [2.24, 2.45) is 0 Å². The minimum Gasteiger partial charge on any atom is -0.385 e. The van der Waals surface area contributed by atoms with E-state index in [0.717, 1.165) is 28.2 Å². The van der Waals surface area contributed by atoms with Gasteiger partial charge in [-0.3, -0.25) is 14.5 Å². The van der Waals surface area contributed by atoms with Gasteiger partial charge in [0.15, 0.2) is 0 Å². The van der Waals surface area contributed by atoms with Crippen LogP contribution in [0.15, 0.2) is 15.9 Å². The standard InChI is InChI=1S/C15H22BrN3O3S/c1-22-10-2-5-17-14(20)11-18-6-8-19(9-7-18)15(21)12-3-4-13(16)23-12/h3-4H,2,5-11H2,1H3,(H,17,20). The van der Waals surface area contributed by atoms with Gasteiger partial charge in [-0.05, 0) is 34.5 Å². The van der Waals surface area contributed by atoms with E-state index in [1.165, 1.54) is 11.3 Å². The fourth-order valence-electron chi connectivity index (χ4n) is 2.40. The predicted octanol–water partition coefficient (Wildman–Crippen LogP) is 1.42. The quantitative estimate of drug-likeness (QED) is 0.699. The van der Waals surface area contributed by atoms with Crippen LogP contribution in [0.4, 0.5) is 0 Å². The summed E-state index contributed by atoms with van der Waals surface area (Å²) >= 11 is 4.83. The Morgan fingerprint density at radius 1 is 1.30 bits per heavy atom. The maximum atomic E-state index is 12.4. The molecule has 2 heterocycles. The fourth-order valence-corrected chi connectivity index (χ4v) is 3.75. The first-order valence-corrected chi connectivity index (χ1v) is 9.23. The molecule has 128 valence electrons. The van der Waals surface area contributed by atoms with Gasteiger partial charge in [-0.1, -0.05) is 0 Å². The molecule has 1 aliphatic rings. The molecule has 1 aromatic heterocycles. The Morgan fingerprint density at radius 3 is 2.65 bits per heavy atom. The molecule has 0 unspecified atom stereocenters. The van der Waals surface area contributed by atoms with Gasteiger partial charge in [0.05, 0.1) is 15.2 Å². The molecule has 6 nitrogen and oxygen atoms in total. The Balaban J connectivity index is 1.69. The first kappa shape index (κ1) is 18.4. The van der Waals surface area contributed by atoms with Crippen LogP contribution in [0.2, 0.25) is 0 Å².